The Bertz CT molecular complexity index is 159. The lowest BCUT2D eigenvalue weighted by molar-refractivity contribution is 0.226. The SMILES string of the molecule is CCC(C)CC(CC)NC(CCO)C(C)C. The van der Waals surface area contributed by atoms with Gasteiger partial charge in [-0.1, -0.05) is 41.0 Å². The van der Waals surface area contributed by atoms with Crippen LogP contribution >= 0.6 is 0 Å². The fourth-order valence-electron chi connectivity index (χ4n) is 2.06. The van der Waals surface area contributed by atoms with Crippen LogP contribution in [0.25, 0.3) is 0 Å². The van der Waals surface area contributed by atoms with Gasteiger partial charge in [-0.05, 0) is 31.1 Å². The van der Waals surface area contributed by atoms with E-state index in [0.717, 1.165) is 12.3 Å². The molecule has 2 nitrogen and oxygen atoms in total. The highest BCUT2D eigenvalue weighted by Gasteiger charge is 2.18. The third kappa shape index (κ3) is 6.49. The van der Waals surface area contributed by atoms with Gasteiger partial charge in [-0.2, -0.15) is 0 Å². The Morgan fingerprint density at radius 2 is 1.69 bits per heavy atom. The van der Waals surface area contributed by atoms with E-state index in [2.05, 4.69) is 39.9 Å². The van der Waals surface area contributed by atoms with Gasteiger partial charge >= 0.3 is 0 Å². The minimum atomic E-state index is 0.287. The number of hydrogen-bond acceptors (Lipinski definition) is 2. The summed E-state index contributed by atoms with van der Waals surface area (Å²) in [7, 11) is 0. The Kier molecular flexibility index (Phi) is 8.96. The predicted molar refractivity (Wildman–Crippen MR) is 71.6 cm³/mol. The summed E-state index contributed by atoms with van der Waals surface area (Å²) in [6.45, 7) is 11.6. The lowest BCUT2D eigenvalue weighted by Gasteiger charge is -2.29. The van der Waals surface area contributed by atoms with Crippen LogP contribution in [-0.2, 0) is 0 Å². The standard InChI is InChI=1S/C14H31NO/c1-6-12(5)10-13(7-2)15-14(8-9-16)11(3)4/h11-16H,6-10H2,1-5H3. The third-order valence-corrected chi connectivity index (χ3v) is 3.57. The van der Waals surface area contributed by atoms with Crippen molar-refractivity contribution in [3.05, 3.63) is 0 Å². The second kappa shape index (κ2) is 9.00. The normalized spacial score (nSPS) is 17.4. The Hall–Kier alpha value is -0.0800. The number of nitrogens with one attached hydrogen (secondary N) is 1. The molecule has 3 unspecified atom stereocenters. The zero-order chi connectivity index (χ0) is 12.6. The maximum absolute atomic E-state index is 9.06. The molecule has 0 heterocycles. The van der Waals surface area contributed by atoms with Crippen LogP contribution in [0.3, 0.4) is 0 Å². The first-order chi connectivity index (χ1) is 7.54. The summed E-state index contributed by atoms with van der Waals surface area (Å²) < 4.78 is 0. The van der Waals surface area contributed by atoms with E-state index in [-0.39, 0.29) is 6.61 Å². The predicted octanol–water partition coefficient (Wildman–Crippen LogP) is 3.20. The van der Waals surface area contributed by atoms with Crippen molar-refractivity contribution in [1.82, 2.24) is 5.32 Å². The molecule has 0 radical (unpaired) electrons. The van der Waals surface area contributed by atoms with E-state index in [4.69, 9.17) is 5.11 Å². The molecule has 0 aliphatic heterocycles. The zero-order valence-corrected chi connectivity index (χ0v) is 11.8. The topological polar surface area (TPSA) is 32.3 Å². The Morgan fingerprint density at radius 3 is 2.06 bits per heavy atom. The van der Waals surface area contributed by atoms with E-state index < -0.39 is 0 Å². The molecule has 0 aromatic rings. The van der Waals surface area contributed by atoms with E-state index in [0.29, 0.717) is 18.0 Å². The molecule has 0 aromatic carbocycles. The van der Waals surface area contributed by atoms with Gasteiger partial charge in [0.25, 0.3) is 0 Å². The molecule has 0 aliphatic carbocycles. The molecular weight excluding hydrogens is 198 g/mol. The van der Waals surface area contributed by atoms with Crippen molar-refractivity contribution in [3.8, 4) is 0 Å². The monoisotopic (exact) mass is 229 g/mol. The number of rotatable bonds is 9. The van der Waals surface area contributed by atoms with Crippen LogP contribution < -0.4 is 5.32 Å². The minimum absolute atomic E-state index is 0.287. The lowest BCUT2D eigenvalue weighted by Crippen LogP contribution is -2.42. The second-order valence-corrected chi connectivity index (χ2v) is 5.38. The van der Waals surface area contributed by atoms with Crippen molar-refractivity contribution in [2.75, 3.05) is 6.61 Å². The highest BCUT2D eigenvalue weighted by Crippen LogP contribution is 2.15. The first kappa shape index (κ1) is 15.9. The molecule has 0 rings (SSSR count). The molecule has 0 aliphatic rings. The van der Waals surface area contributed by atoms with Gasteiger partial charge in [0.05, 0.1) is 0 Å². The molecule has 0 spiro atoms. The summed E-state index contributed by atoms with van der Waals surface area (Å²) >= 11 is 0. The second-order valence-electron chi connectivity index (χ2n) is 5.38. The summed E-state index contributed by atoms with van der Waals surface area (Å²) in [4.78, 5) is 0. The number of aliphatic hydroxyl groups excluding tert-OH is 1. The Labute approximate surface area is 102 Å². The van der Waals surface area contributed by atoms with Crippen LogP contribution in [0.4, 0.5) is 0 Å². The van der Waals surface area contributed by atoms with Crippen molar-refractivity contribution >= 4 is 0 Å². The van der Waals surface area contributed by atoms with Gasteiger partial charge in [0.2, 0.25) is 0 Å². The maximum Gasteiger partial charge on any atom is 0.0445 e. The first-order valence-corrected chi connectivity index (χ1v) is 6.91. The molecule has 0 amide bonds. The van der Waals surface area contributed by atoms with Crippen LogP contribution in [-0.4, -0.2) is 23.8 Å². The average molecular weight is 229 g/mol. The number of aliphatic hydroxyl groups is 1. The molecule has 0 saturated carbocycles. The van der Waals surface area contributed by atoms with E-state index in [9.17, 15) is 0 Å². The summed E-state index contributed by atoms with van der Waals surface area (Å²) in [5, 5.41) is 12.8. The van der Waals surface area contributed by atoms with Crippen molar-refractivity contribution in [2.24, 2.45) is 11.8 Å². The minimum Gasteiger partial charge on any atom is -0.396 e. The highest BCUT2D eigenvalue weighted by molar-refractivity contribution is 4.77. The van der Waals surface area contributed by atoms with Crippen molar-refractivity contribution in [2.45, 2.75) is 72.4 Å². The molecule has 16 heavy (non-hydrogen) atoms. The van der Waals surface area contributed by atoms with Gasteiger partial charge < -0.3 is 10.4 Å². The average Bonchev–Trinajstić information content (AvgIpc) is 2.26. The van der Waals surface area contributed by atoms with Crippen molar-refractivity contribution in [3.63, 3.8) is 0 Å². The molecule has 0 fully saturated rings. The van der Waals surface area contributed by atoms with Crippen LogP contribution in [0.15, 0.2) is 0 Å². The van der Waals surface area contributed by atoms with Gasteiger partial charge in [-0.3, -0.25) is 0 Å². The lowest BCUT2D eigenvalue weighted by atomic mass is 9.94. The highest BCUT2D eigenvalue weighted by atomic mass is 16.3. The Morgan fingerprint density at radius 1 is 1.06 bits per heavy atom. The molecule has 2 heteroatoms. The number of hydrogen-bond donors (Lipinski definition) is 2. The third-order valence-electron chi connectivity index (χ3n) is 3.57. The van der Waals surface area contributed by atoms with Crippen molar-refractivity contribution in [1.29, 1.82) is 0 Å². The molecule has 0 bridgehead atoms. The fraction of sp³-hybridized carbons (Fsp3) is 1.00. The van der Waals surface area contributed by atoms with E-state index in [1.54, 1.807) is 0 Å². The van der Waals surface area contributed by atoms with Crippen molar-refractivity contribution < 1.29 is 5.11 Å². The molecule has 2 N–H and O–H groups in total. The molecule has 3 atom stereocenters. The van der Waals surface area contributed by atoms with Gasteiger partial charge in [0, 0.05) is 18.7 Å². The van der Waals surface area contributed by atoms with Gasteiger partial charge in [0.15, 0.2) is 0 Å². The van der Waals surface area contributed by atoms with Gasteiger partial charge in [-0.15, -0.1) is 0 Å². The van der Waals surface area contributed by atoms with Gasteiger partial charge in [0.1, 0.15) is 0 Å². The molecular formula is C14H31NO. The quantitative estimate of drug-likeness (QED) is 0.636. The van der Waals surface area contributed by atoms with E-state index in [1.807, 2.05) is 0 Å². The zero-order valence-electron chi connectivity index (χ0n) is 11.8. The smallest absolute Gasteiger partial charge is 0.0445 e. The summed E-state index contributed by atoms with van der Waals surface area (Å²) in [5.74, 6) is 1.39. The van der Waals surface area contributed by atoms with Gasteiger partial charge in [-0.25, -0.2) is 0 Å². The van der Waals surface area contributed by atoms with Crippen LogP contribution in [0, 0.1) is 11.8 Å². The van der Waals surface area contributed by atoms with E-state index >= 15 is 0 Å². The summed E-state index contributed by atoms with van der Waals surface area (Å²) in [6, 6.07) is 1.06. The van der Waals surface area contributed by atoms with Crippen LogP contribution in [0.2, 0.25) is 0 Å². The van der Waals surface area contributed by atoms with Crippen LogP contribution in [0.1, 0.15) is 60.3 Å². The summed E-state index contributed by atoms with van der Waals surface area (Å²) in [6.07, 6.45) is 4.56. The molecule has 0 aromatic heterocycles. The first-order valence-electron chi connectivity index (χ1n) is 6.91. The maximum atomic E-state index is 9.06. The summed E-state index contributed by atoms with van der Waals surface area (Å²) in [5.41, 5.74) is 0. The van der Waals surface area contributed by atoms with Crippen LogP contribution in [0.5, 0.6) is 0 Å². The molecule has 98 valence electrons. The van der Waals surface area contributed by atoms with E-state index in [1.165, 1.54) is 19.3 Å². The fourth-order valence-corrected chi connectivity index (χ4v) is 2.06. The Balaban J connectivity index is 4.14. The largest absolute Gasteiger partial charge is 0.396 e. The molecule has 0 saturated heterocycles.